The fraction of sp³-hybridized carbons (Fsp3) is 0.643. The molecule has 18 heavy (non-hydrogen) atoms. The van der Waals surface area contributed by atoms with Crippen LogP contribution in [0.1, 0.15) is 25.3 Å². The first kappa shape index (κ1) is 13.6. The molecule has 0 aromatic carbocycles. The molecule has 4 heteroatoms. The standard InChI is InChI=1S/C14H22ClN3/c1-3-18-6-4-12(5-7-18)9-16-14-11(2)8-13(15)10-17-14/h8,10,12H,3-7,9H2,1-2H3,(H,16,17). The summed E-state index contributed by atoms with van der Waals surface area (Å²) in [5.74, 6) is 1.74. The molecule has 0 unspecified atom stereocenters. The van der Waals surface area contributed by atoms with Crippen LogP contribution in [0.3, 0.4) is 0 Å². The van der Waals surface area contributed by atoms with E-state index in [1.807, 2.05) is 13.0 Å². The van der Waals surface area contributed by atoms with Gasteiger partial charge in [0.05, 0.1) is 5.02 Å². The third kappa shape index (κ3) is 3.59. The highest BCUT2D eigenvalue weighted by molar-refractivity contribution is 6.30. The van der Waals surface area contributed by atoms with Gasteiger partial charge in [-0.25, -0.2) is 4.98 Å². The first-order valence-electron chi connectivity index (χ1n) is 6.77. The van der Waals surface area contributed by atoms with Crippen LogP contribution in [-0.2, 0) is 0 Å². The zero-order valence-corrected chi connectivity index (χ0v) is 12.0. The van der Waals surface area contributed by atoms with Crippen molar-refractivity contribution in [1.29, 1.82) is 0 Å². The Balaban J connectivity index is 1.81. The number of aromatic nitrogens is 1. The molecule has 1 aromatic rings. The summed E-state index contributed by atoms with van der Waals surface area (Å²) in [4.78, 5) is 6.86. The quantitative estimate of drug-likeness (QED) is 0.908. The Hall–Kier alpha value is -0.800. The fourth-order valence-corrected chi connectivity index (χ4v) is 2.69. The Morgan fingerprint density at radius 2 is 2.17 bits per heavy atom. The highest BCUT2D eigenvalue weighted by atomic mass is 35.5. The average Bonchev–Trinajstić information content (AvgIpc) is 2.38. The normalized spacial score (nSPS) is 17.9. The molecule has 1 aromatic heterocycles. The highest BCUT2D eigenvalue weighted by Gasteiger charge is 2.17. The van der Waals surface area contributed by atoms with Gasteiger partial charge in [0.25, 0.3) is 0 Å². The van der Waals surface area contributed by atoms with E-state index in [1.54, 1.807) is 6.20 Å². The Bertz CT molecular complexity index is 387. The zero-order valence-electron chi connectivity index (χ0n) is 11.2. The van der Waals surface area contributed by atoms with Gasteiger partial charge in [0.15, 0.2) is 0 Å². The molecule has 100 valence electrons. The summed E-state index contributed by atoms with van der Waals surface area (Å²) in [6, 6.07) is 1.95. The minimum Gasteiger partial charge on any atom is -0.370 e. The number of likely N-dealkylation sites (tertiary alicyclic amines) is 1. The van der Waals surface area contributed by atoms with Crippen molar-refractivity contribution in [3.8, 4) is 0 Å². The smallest absolute Gasteiger partial charge is 0.128 e. The van der Waals surface area contributed by atoms with Crippen molar-refractivity contribution < 1.29 is 0 Å². The van der Waals surface area contributed by atoms with Crippen LogP contribution in [0.25, 0.3) is 0 Å². The number of rotatable bonds is 4. The molecule has 0 bridgehead atoms. The lowest BCUT2D eigenvalue weighted by Crippen LogP contribution is -2.35. The maximum atomic E-state index is 5.90. The Kier molecular flexibility index (Phi) is 4.84. The minimum atomic E-state index is 0.703. The van der Waals surface area contributed by atoms with Crippen molar-refractivity contribution in [2.45, 2.75) is 26.7 Å². The second-order valence-corrected chi connectivity index (χ2v) is 5.51. The number of hydrogen-bond donors (Lipinski definition) is 1. The van der Waals surface area contributed by atoms with Gasteiger partial charge in [0.2, 0.25) is 0 Å². The maximum absolute atomic E-state index is 5.90. The van der Waals surface area contributed by atoms with Gasteiger partial charge in [0, 0.05) is 12.7 Å². The van der Waals surface area contributed by atoms with Gasteiger partial charge < -0.3 is 10.2 Å². The van der Waals surface area contributed by atoms with Crippen LogP contribution in [0.5, 0.6) is 0 Å². The van der Waals surface area contributed by atoms with Crippen molar-refractivity contribution >= 4 is 17.4 Å². The molecule has 1 aliphatic rings. The van der Waals surface area contributed by atoms with E-state index in [0.29, 0.717) is 5.02 Å². The number of hydrogen-bond acceptors (Lipinski definition) is 3. The SMILES string of the molecule is CCN1CCC(CNc2ncc(Cl)cc2C)CC1. The molecule has 0 atom stereocenters. The molecular weight excluding hydrogens is 246 g/mol. The Morgan fingerprint density at radius 3 is 2.78 bits per heavy atom. The molecule has 0 spiro atoms. The molecule has 0 saturated carbocycles. The van der Waals surface area contributed by atoms with Gasteiger partial charge in [-0.3, -0.25) is 0 Å². The number of nitrogens with zero attached hydrogens (tertiary/aromatic N) is 2. The lowest BCUT2D eigenvalue weighted by Gasteiger charge is -2.31. The van der Waals surface area contributed by atoms with Gasteiger partial charge in [-0.15, -0.1) is 0 Å². The van der Waals surface area contributed by atoms with Crippen molar-refractivity contribution in [3.63, 3.8) is 0 Å². The largest absolute Gasteiger partial charge is 0.370 e. The van der Waals surface area contributed by atoms with Crippen LogP contribution >= 0.6 is 11.6 Å². The Labute approximate surface area is 115 Å². The van der Waals surface area contributed by atoms with Gasteiger partial charge >= 0.3 is 0 Å². The molecule has 2 rings (SSSR count). The van der Waals surface area contributed by atoms with E-state index in [9.17, 15) is 0 Å². The molecule has 0 aliphatic carbocycles. The Morgan fingerprint density at radius 1 is 1.44 bits per heavy atom. The second kappa shape index (κ2) is 6.39. The molecule has 0 radical (unpaired) electrons. The first-order chi connectivity index (χ1) is 8.69. The number of piperidine rings is 1. The van der Waals surface area contributed by atoms with Crippen LogP contribution < -0.4 is 5.32 Å². The van der Waals surface area contributed by atoms with E-state index in [0.717, 1.165) is 23.8 Å². The number of halogens is 1. The summed E-state index contributed by atoms with van der Waals surface area (Å²) in [5.41, 5.74) is 1.12. The van der Waals surface area contributed by atoms with Crippen LogP contribution in [-0.4, -0.2) is 36.1 Å². The predicted octanol–water partition coefficient (Wildman–Crippen LogP) is 3.19. The zero-order chi connectivity index (χ0) is 13.0. The number of aryl methyl sites for hydroxylation is 1. The van der Waals surface area contributed by atoms with Crippen LogP contribution in [0.15, 0.2) is 12.3 Å². The highest BCUT2D eigenvalue weighted by Crippen LogP contribution is 2.20. The van der Waals surface area contributed by atoms with E-state index in [2.05, 4.69) is 22.1 Å². The third-order valence-electron chi connectivity index (χ3n) is 3.76. The summed E-state index contributed by atoms with van der Waals surface area (Å²) in [7, 11) is 0. The van der Waals surface area contributed by atoms with Gasteiger partial charge in [0.1, 0.15) is 5.82 Å². The van der Waals surface area contributed by atoms with Crippen LogP contribution in [0.4, 0.5) is 5.82 Å². The predicted molar refractivity (Wildman–Crippen MR) is 77.3 cm³/mol. The van der Waals surface area contributed by atoms with E-state index < -0.39 is 0 Å². The first-order valence-corrected chi connectivity index (χ1v) is 7.15. The lowest BCUT2D eigenvalue weighted by molar-refractivity contribution is 0.198. The van der Waals surface area contributed by atoms with Crippen molar-refractivity contribution in [1.82, 2.24) is 9.88 Å². The van der Waals surface area contributed by atoms with E-state index in [1.165, 1.54) is 32.5 Å². The molecule has 1 fully saturated rings. The summed E-state index contributed by atoms with van der Waals surface area (Å²) in [6.45, 7) is 8.94. The molecular formula is C14H22ClN3. The maximum Gasteiger partial charge on any atom is 0.128 e. The molecule has 1 N–H and O–H groups in total. The number of nitrogens with one attached hydrogen (secondary N) is 1. The van der Waals surface area contributed by atoms with Crippen LogP contribution in [0, 0.1) is 12.8 Å². The van der Waals surface area contributed by atoms with E-state index >= 15 is 0 Å². The topological polar surface area (TPSA) is 28.2 Å². The molecule has 2 heterocycles. The van der Waals surface area contributed by atoms with Crippen LogP contribution in [0.2, 0.25) is 5.02 Å². The lowest BCUT2D eigenvalue weighted by atomic mass is 9.97. The summed E-state index contributed by atoms with van der Waals surface area (Å²) < 4.78 is 0. The number of pyridine rings is 1. The summed E-state index contributed by atoms with van der Waals surface area (Å²) in [5, 5.41) is 4.16. The average molecular weight is 268 g/mol. The molecule has 1 aliphatic heterocycles. The minimum absolute atomic E-state index is 0.703. The van der Waals surface area contributed by atoms with Crippen molar-refractivity contribution in [2.24, 2.45) is 5.92 Å². The third-order valence-corrected chi connectivity index (χ3v) is 3.96. The molecule has 0 amide bonds. The second-order valence-electron chi connectivity index (χ2n) is 5.08. The van der Waals surface area contributed by atoms with Gasteiger partial charge in [-0.05, 0) is 56.9 Å². The van der Waals surface area contributed by atoms with Crippen molar-refractivity contribution in [3.05, 3.63) is 22.8 Å². The fourth-order valence-electron chi connectivity index (χ4n) is 2.47. The van der Waals surface area contributed by atoms with Crippen molar-refractivity contribution in [2.75, 3.05) is 31.5 Å². The summed E-state index contributed by atoms with van der Waals surface area (Å²) >= 11 is 5.90. The summed E-state index contributed by atoms with van der Waals surface area (Å²) in [6.07, 6.45) is 4.28. The van der Waals surface area contributed by atoms with Gasteiger partial charge in [-0.1, -0.05) is 18.5 Å². The monoisotopic (exact) mass is 267 g/mol. The van der Waals surface area contributed by atoms with E-state index in [-0.39, 0.29) is 0 Å². The van der Waals surface area contributed by atoms with E-state index in [4.69, 9.17) is 11.6 Å². The number of anilines is 1. The molecule has 3 nitrogen and oxygen atoms in total. The molecule has 1 saturated heterocycles. The van der Waals surface area contributed by atoms with Gasteiger partial charge in [-0.2, -0.15) is 0 Å².